The quantitative estimate of drug-likeness (QED) is 0.366. The molecule has 0 aliphatic rings. The molecule has 0 aliphatic heterocycles. The molecule has 0 bridgehead atoms. The first-order valence-electron chi connectivity index (χ1n) is 7.95. The van der Waals surface area contributed by atoms with Crippen LogP contribution in [0.5, 0.6) is 0 Å². The summed E-state index contributed by atoms with van der Waals surface area (Å²) in [6, 6.07) is 12.6. The summed E-state index contributed by atoms with van der Waals surface area (Å²) >= 11 is 0. The van der Waals surface area contributed by atoms with Gasteiger partial charge in [0.05, 0.1) is 9.79 Å². The van der Waals surface area contributed by atoms with E-state index in [1.807, 2.05) is 27.7 Å². The molecule has 0 radical (unpaired) electrons. The Morgan fingerprint density at radius 2 is 0.893 bits per heavy atom. The van der Waals surface area contributed by atoms with Crippen LogP contribution in [0.2, 0.25) is 0 Å². The normalized spacial score (nSPS) is 11.1. The molecule has 2 aromatic rings. The molecular weight excluding hydrogens is 438 g/mol. The Morgan fingerprint density at radius 1 is 0.643 bits per heavy atom. The van der Waals surface area contributed by atoms with Gasteiger partial charge in [0.2, 0.25) is 0 Å². The van der Waals surface area contributed by atoms with Crippen LogP contribution in [-0.4, -0.2) is 25.9 Å². The van der Waals surface area contributed by atoms with Crippen LogP contribution in [0.15, 0.2) is 58.3 Å². The molecule has 0 spiro atoms. The zero-order chi connectivity index (χ0) is 20.1. The van der Waals surface area contributed by atoms with Gasteiger partial charge in [-0.15, -0.1) is 0 Å². The topological polar surface area (TPSA) is 114 Å². The zero-order valence-corrected chi connectivity index (χ0v) is 23.8. The first-order valence-corrected chi connectivity index (χ1v) is 10.8. The average Bonchev–Trinajstić information content (AvgIpc) is 2.54. The van der Waals surface area contributed by atoms with Gasteiger partial charge >= 0.3 is 80.9 Å². The fourth-order valence-corrected chi connectivity index (χ4v) is 4.05. The summed E-state index contributed by atoms with van der Waals surface area (Å²) in [7, 11) is -8.66. The van der Waals surface area contributed by atoms with Crippen molar-refractivity contribution < 1.29 is 107 Å². The second-order valence-electron chi connectivity index (χ2n) is 6.29. The molecule has 0 heterocycles. The minimum absolute atomic E-state index is 0. The van der Waals surface area contributed by atoms with E-state index >= 15 is 0 Å². The Kier molecular flexibility index (Phi) is 14.8. The minimum Gasteiger partial charge on any atom is -0.744 e. The van der Waals surface area contributed by atoms with Crippen molar-refractivity contribution in [3.8, 4) is 0 Å². The van der Waals surface area contributed by atoms with E-state index in [0.717, 1.165) is 0 Å². The van der Waals surface area contributed by atoms with Crippen LogP contribution in [0.1, 0.15) is 50.7 Å². The maximum atomic E-state index is 10.8. The van der Waals surface area contributed by atoms with Crippen molar-refractivity contribution in [3.63, 3.8) is 0 Å². The molecule has 0 amide bonds. The molecule has 0 aromatic heterocycles. The van der Waals surface area contributed by atoms with Crippen molar-refractivity contribution in [1.82, 2.24) is 0 Å². The number of benzene rings is 2. The third-order valence-electron chi connectivity index (χ3n) is 3.62. The number of hydrogen-bond acceptors (Lipinski definition) is 6. The molecule has 0 saturated heterocycles. The molecule has 2 rings (SSSR count). The van der Waals surface area contributed by atoms with E-state index in [-0.39, 0.29) is 103 Å². The second-order valence-corrected chi connectivity index (χ2v) is 8.99. The fraction of sp³-hybridized carbons (Fsp3) is 0.333. The van der Waals surface area contributed by atoms with Crippen molar-refractivity contribution >= 4 is 20.2 Å². The summed E-state index contributed by atoms with van der Waals surface area (Å²) in [6.07, 6.45) is 0. The van der Waals surface area contributed by atoms with Gasteiger partial charge < -0.3 is 9.11 Å². The van der Waals surface area contributed by atoms with Crippen LogP contribution in [0, 0.1) is 0 Å². The third kappa shape index (κ3) is 9.80. The van der Waals surface area contributed by atoms with E-state index in [0.29, 0.717) is 11.1 Å². The van der Waals surface area contributed by atoms with Gasteiger partial charge in [-0.25, -0.2) is 16.8 Å². The maximum absolute atomic E-state index is 10.8. The summed E-state index contributed by atoms with van der Waals surface area (Å²) in [5, 5.41) is 0. The van der Waals surface area contributed by atoms with Crippen LogP contribution >= 0.6 is 0 Å². The van der Waals surface area contributed by atoms with Crippen LogP contribution in [0.4, 0.5) is 0 Å². The smallest absolute Gasteiger partial charge is 0.744 e. The molecule has 6 nitrogen and oxygen atoms in total. The molecule has 0 aliphatic carbocycles. The number of rotatable bonds is 4. The monoisotopic (exact) mass is 460 g/mol. The van der Waals surface area contributed by atoms with Gasteiger partial charge in [-0.3, -0.25) is 0 Å². The Balaban J connectivity index is 0. The van der Waals surface area contributed by atoms with Gasteiger partial charge in [0.1, 0.15) is 20.2 Å². The van der Waals surface area contributed by atoms with Gasteiger partial charge in [0, 0.05) is 0 Å². The molecule has 0 unspecified atom stereocenters. The Morgan fingerprint density at radius 3 is 1.07 bits per heavy atom. The molecule has 0 saturated carbocycles. The van der Waals surface area contributed by atoms with Gasteiger partial charge in [-0.2, -0.15) is 0 Å². The van der Waals surface area contributed by atoms with E-state index in [2.05, 4.69) is 0 Å². The van der Waals surface area contributed by atoms with Crippen LogP contribution in [-0.2, 0) is 20.2 Å². The summed E-state index contributed by atoms with van der Waals surface area (Å²) in [4.78, 5) is -0.213. The first-order chi connectivity index (χ1) is 11.9. The van der Waals surface area contributed by atoms with E-state index in [4.69, 9.17) is 0 Å². The molecule has 0 atom stereocenters. The first kappa shape index (κ1) is 31.1. The molecule has 28 heavy (non-hydrogen) atoms. The Hall–Kier alpha value is 0.896. The van der Waals surface area contributed by atoms with E-state index in [1.54, 1.807) is 36.4 Å². The van der Waals surface area contributed by atoms with Crippen molar-refractivity contribution in [2.45, 2.75) is 49.3 Å². The minimum atomic E-state index is -4.33. The van der Waals surface area contributed by atoms with Gasteiger partial charge in [0.25, 0.3) is 0 Å². The SMILES string of the molecule is CC(C)c1ccccc1S(=O)(=O)[O-].CC(C)c1ccccc1S(=O)(=O)[O-].[K+].[Na+]. The van der Waals surface area contributed by atoms with E-state index in [1.165, 1.54) is 12.1 Å². The molecule has 144 valence electrons. The molecule has 10 heteroatoms. The average molecular weight is 461 g/mol. The van der Waals surface area contributed by atoms with Gasteiger partial charge in [-0.05, 0) is 35.1 Å². The third-order valence-corrected chi connectivity index (χ3v) is 5.44. The van der Waals surface area contributed by atoms with Crippen molar-refractivity contribution in [2.24, 2.45) is 0 Å². The van der Waals surface area contributed by atoms with Crippen LogP contribution < -0.4 is 80.9 Å². The molecule has 0 fully saturated rings. The zero-order valence-electron chi connectivity index (χ0n) is 17.0. The van der Waals surface area contributed by atoms with Crippen molar-refractivity contribution in [2.75, 3.05) is 0 Å². The standard InChI is InChI=1S/2C9H12O3S.K.Na/c2*1-7(2)8-5-3-4-6-9(8)13(10,11)12;;/h2*3-7H,1-2H3,(H,10,11,12);;/q;;2*+1/p-2. The van der Waals surface area contributed by atoms with Gasteiger partial charge in [-0.1, -0.05) is 64.1 Å². The molecular formula is C18H22KNaO6S2. The largest absolute Gasteiger partial charge is 1.00 e. The van der Waals surface area contributed by atoms with Crippen LogP contribution in [0.25, 0.3) is 0 Å². The summed E-state index contributed by atoms with van der Waals surface area (Å²) in [5.41, 5.74) is 1.16. The summed E-state index contributed by atoms with van der Waals surface area (Å²) in [5.74, 6) is 0.0832. The Labute approximate surface area is 232 Å². The van der Waals surface area contributed by atoms with Crippen LogP contribution in [0.3, 0.4) is 0 Å². The van der Waals surface area contributed by atoms with Crippen molar-refractivity contribution in [3.05, 3.63) is 59.7 Å². The fourth-order valence-electron chi connectivity index (χ4n) is 2.37. The van der Waals surface area contributed by atoms with Gasteiger partial charge in [0.15, 0.2) is 0 Å². The van der Waals surface area contributed by atoms with E-state index in [9.17, 15) is 25.9 Å². The Bertz CT molecular complexity index is 878. The molecule has 0 N–H and O–H groups in total. The second kappa shape index (κ2) is 13.3. The summed E-state index contributed by atoms with van der Waals surface area (Å²) in [6.45, 7) is 7.40. The maximum Gasteiger partial charge on any atom is 1.00 e. The van der Waals surface area contributed by atoms with E-state index < -0.39 is 20.2 Å². The number of hydrogen-bond donors (Lipinski definition) is 0. The predicted molar refractivity (Wildman–Crippen MR) is 97.0 cm³/mol. The predicted octanol–water partition coefficient (Wildman–Crippen LogP) is -2.56. The van der Waals surface area contributed by atoms with Crippen molar-refractivity contribution in [1.29, 1.82) is 0 Å². The molecule has 2 aromatic carbocycles. The summed E-state index contributed by atoms with van der Waals surface area (Å²) < 4.78 is 64.8.